The van der Waals surface area contributed by atoms with Crippen LogP contribution in [0.4, 0.5) is 11.4 Å². The number of amides is 2. The Balaban J connectivity index is 1.19. The lowest BCUT2D eigenvalue weighted by Gasteiger charge is -2.13. The topological polar surface area (TPSA) is 157 Å². The first-order valence-corrected chi connectivity index (χ1v) is 13.6. The second-order valence-corrected chi connectivity index (χ2v) is 11.5. The Morgan fingerprint density at radius 1 is 0.722 bits per heavy atom. The van der Waals surface area contributed by atoms with Crippen molar-refractivity contribution in [3.8, 4) is 0 Å². The molecule has 2 fully saturated rings. The zero-order valence-electron chi connectivity index (χ0n) is 19.1. The number of carbonyl (C=O) groups is 4. The summed E-state index contributed by atoms with van der Waals surface area (Å²) in [5.41, 5.74) is 1.12. The van der Waals surface area contributed by atoms with Gasteiger partial charge in [-0.15, -0.1) is 0 Å². The van der Waals surface area contributed by atoms with E-state index in [-0.39, 0.29) is 45.5 Å². The Morgan fingerprint density at radius 2 is 1.14 bits per heavy atom. The highest BCUT2D eigenvalue weighted by molar-refractivity contribution is 8.77. The molecule has 0 saturated carbocycles. The summed E-state index contributed by atoms with van der Waals surface area (Å²) in [6.45, 7) is 1.35. The van der Waals surface area contributed by atoms with E-state index in [4.69, 9.17) is 10.2 Å². The first-order chi connectivity index (χ1) is 17.3. The van der Waals surface area contributed by atoms with Gasteiger partial charge in [0.25, 0.3) is 0 Å². The minimum atomic E-state index is -1.05. The number of carboxylic acids is 2. The maximum absolute atomic E-state index is 12.6. The van der Waals surface area contributed by atoms with Crippen molar-refractivity contribution in [1.29, 1.82) is 0 Å². The number of hydrogen-bond donors (Lipinski definition) is 6. The molecule has 4 atom stereocenters. The van der Waals surface area contributed by atoms with E-state index in [9.17, 15) is 19.2 Å². The summed E-state index contributed by atoms with van der Waals surface area (Å²) in [5, 5.41) is 30.7. The lowest BCUT2D eigenvalue weighted by molar-refractivity contribution is -0.118. The lowest BCUT2D eigenvalue weighted by atomic mass is 10.1. The van der Waals surface area contributed by atoms with Gasteiger partial charge in [0, 0.05) is 35.0 Å². The van der Waals surface area contributed by atoms with Crippen molar-refractivity contribution in [2.45, 2.75) is 35.4 Å². The molecule has 2 saturated heterocycles. The van der Waals surface area contributed by atoms with Crippen LogP contribution in [-0.2, 0) is 9.59 Å². The van der Waals surface area contributed by atoms with Crippen LogP contribution in [0.5, 0.6) is 0 Å². The van der Waals surface area contributed by atoms with E-state index < -0.39 is 11.9 Å². The van der Waals surface area contributed by atoms with Crippen molar-refractivity contribution in [1.82, 2.24) is 10.6 Å². The average molecular weight is 531 g/mol. The van der Waals surface area contributed by atoms with Gasteiger partial charge in [-0.2, -0.15) is 0 Å². The van der Waals surface area contributed by atoms with E-state index in [2.05, 4.69) is 21.3 Å². The smallest absolute Gasteiger partial charge is 0.335 e. The molecule has 190 valence electrons. The predicted molar refractivity (Wildman–Crippen MR) is 140 cm³/mol. The average Bonchev–Trinajstić information content (AvgIpc) is 3.53. The fraction of sp³-hybridized carbons (Fsp3) is 0.333. The van der Waals surface area contributed by atoms with Crippen LogP contribution in [-0.4, -0.2) is 69.6 Å². The van der Waals surface area contributed by atoms with Gasteiger partial charge in [0.05, 0.1) is 23.2 Å². The molecule has 4 rings (SSSR count). The molecule has 2 heterocycles. The molecule has 12 heteroatoms. The van der Waals surface area contributed by atoms with Gasteiger partial charge in [0.2, 0.25) is 11.8 Å². The molecule has 0 aromatic heterocycles. The van der Waals surface area contributed by atoms with Crippen molar-refractivity contribution in [2.24, 2.45) is 0 Å². The quantitative estimate of drug-likeness (QED) is 0.266. The van der Waals surface area contributed by atoms with Crippen LogP contribution in [0, 0.1) is 0 Å². The molecular formula is C24H26N4O6S2. The Kier molecular flexibility index (Phi) is 8.52. The molecular weight excluding hydrogens is 504 g/mol. The Hall–Kier alpha value is -3.06. The largest absolute Gasteiger partial charge is 0.478 e. The van der Waals surface area contributed by atoms with Gasteiger partial charge in [0.15, 0.2) is 0 Å². The number of aromatic carboxylic acids is 2. The maximum Gasteiger partial charge on any atom is 0.335 e. The van der Waals surface area contributed by atoms with Crippen molar-refractivity contribution < 1.29 is 29.4 Å². The lowest BCUT2D eigenvalue weighted by Crippen LogP contribution is -2.35. The highest BCUT2D eigenvalue weighted by atomic mass is 33.1. The van der Waals surface area contributed by atoms with Gasteiger partial charge < -0.3 is 31.5 Å². The van der Waals surface area contributed by atoms with Crippen molar-refractivity contribution >= 4 is 56.7 Å². The number of carbonyl (C=O) groups excluding carboxylic acids is 2. The minimum Gasteiger partial charge on any atom is -0.478 e. The molecule has 6 N–H and O–H groups in total. The van der Waals surface area contributed by atoms with Gasteiger partial charge in [-0.05, 0) is 49.2 Å². The summed E-state index contributed by atoms with van der Waals surface area (Å²) in [6, 6.07) is 11.6. The van der Waals surface area contributed by atoms with E-state index in [0.29, 0.717) is 37.3 Å². The van der Waals surface area contributed by atoms with Crippen LogP contribution in [0.2, 0.25) is 0 Å². The predicted octanol–water partition coefficient (Wildman–Crippen LogP) is 2.50. The van der Waals surface area contributed by atoms with Crippen LogP contribution < -0.4 is 21.3 Å². The molecule has 0 radical (unpaired) electrons. The number of rotatable bonds is 9. The second-order valence-electron chi connectivity index (χ2n) is 8.58. The molecule has 36 heavy (non-hydrogen) atoms. The number of anilines is 2. The molecule has 2 aliphatic rings. The van der Waals surface area contributed by atoms with E-state index >= 15 is 0 Å². The zero-order chi connectivity index (χ0) is 25.7. The third-order valence-corrected chi connectivity index (χ3v) is 9.24. The van der Waals surface area contributed by atoms with Crippen LogP contribution in [0.1, 0.15) is 33.6 Å². The first-order valence-electron chi connectivity index (χ1n) is 11.4. The molecule has 10 nitrogen and oxygen atoms in total. The van der Waals surface area contributed by atoms with Gasteiger partial charge in [-0.25, -0.2) is 9.59 Å². The van der Waals surface area contributed by atoms with Gasteiger partial charge in [-0.3, -0.25) is 9.59 Å². The molecule has 0 unspecified atom stereocenters. The Labute approximate surface area is 215 Å². The number of hydrogen-bond acceptors (Lipinski definition) is 8. The molecule has 2 aromatic rings. The summed E-state index contributed by atoms with van der Waals surface area (Å²) in [7, 11) is 3.39. The number of nitrogens with one attached hydrogen (secondary N) is 4. The van der Waals surface area contributed by atoms with Gasteiger partial charge in [-0.1, -0.05) is 33.7 Å². The summed E-state index contributed by atoms with van der Waals surface area (Å²) < 4.78 is 0. The fourth-order valence-corrected chi connectivity index (χ4v) is 7.04. The van der Waals surface area contributed by atoms with Crippen LogP contribution in [0.25, 0.3) is 0 Å². The van der Waals surface area contributed by atoms with Crippen molar-refractivity contribution in [3.63, 3.8) is 0 Å². The number of benzene rings is 2. The van der Waals surface area contributed by atoms with Gasteiger partial charge in [0.1, 0.15) is 0 Å². The normalized spacial score (nSPS) is 23.2. The first kappa shape index (κ1) is 26.0. The second kappa shape index (κ2) is 11.8. The van der Waals surface area contributed by atoms with E-state index in [0.717, 1.165) is 0 Å². The highest BCUT2D eigenvalue weighted by Crippen LogP contribution is 2.38. The van der Waals surface area contributed by atoms with Crippen LogP contribution in [0.3, 0.4) is 0 Å². The standard InChI is InChI=1S/C24H26N4O6S2/c29-21(27-15-5-1-3-13(7-15)23(31)32)19-9-17(11-25-19)35-36-18-10-20(26-12-18)22(30)28-16-6-2-4-14(8-16)24(33)34/h1-8,17-20,25-26H,9-12H2,(H,27,29)(H,28,30)(H,31,32)(H,33,34)/t17-,18-,19-,20-/m0/s1. The molecule has 2 amide bonds. The SMILES string of the molecule is O=C(O)c1cccc(NC(=O)[C@@H]2C[C@H](SS[C@@H]3CN[C@H](C(=O)Nc4cccc(C(=O)O)c4)C3)CN2)c1. The Bertz CT molecular complexity index is 1070. The fourth-order valence-electron chi connectivity index (χ4n) is 4.03. The Morgan fingerprint density at radius 3 is 1.53 bits per heavy atom. The summed E-state index contributed by atoms with van der Waals surface area (Å²) in [5.74, 6) is -2.49. The third-order valence-electron chi connectivity index (χ3n) is 5.90. The van der Waals surface area contributed by atoms with Gasteiger partial charge >= 0.3 is 11.9 Å². The minimum absolute atomic E-state index is 0.114. The summed E-state index contributed by atoms with van der Waals surface area (Å²) >= 11 is 0. The van der Waals surface area contributed by atoms with Crippen molar-refractivity contribution in [3.05, 3.63) is 59.7 Å². The third kappa shape index (κ3) is 6.78. The van der Waals surface area contributed by atoms with E-state index in [1.54, 1.807) is 45.9 Å². The van der Waals surface area contributed by atoms with E-state index in [1.165, 1.54) is 24.3 Å². The molecule has 2 aliphatic heterocycles. The molecule has 0 spiro atoms. The maximum atomic E-state index is 12.6. The molecule has 0 aliphatic carbocycles. The zero-order valence-corrected chi connectivity index (χ0v) is 20.7. The monoisotopic (exact) mass is 530 g/mol. The van der Waals surface area contributed by atoms with Crippen LogP contribution >= 0.6 is 21.6 Å². The highest BCUT2D eigenvalue weighted by Gasteiger charge is 2.34. The molecule has 2 aromatic carbocycles. The number of carboxylic acid groups (broad SMARTS) is 2. The van der Waals surface area contributed by atoms with E-state index in [1.807, 2.05) is 0 Å². The van der Waals surface area contributed by atoms with Crippen molar-refractivity contribution in [2.75, 3.05) is 23.7 Å². The molecule has 0 bridgehead atoms. The van der Waals surface area contributed by atoms with Crippen LogP contribution in [0.15, 0.2) is 48.5 Å². The summed E-state index contributed by atoms with van der Waals surface area (Å²) in [4.78, 5) is 47.4. The summed E-state index contributed by atoms with van der Waals surface area (Å²) in [6.07, 6.45) is 1.29.